The van der Waals surface area contributed by atoms with E-state index in [1.54, 1.807) is 11.1 Å². The standard InChI is InChI=1S/C14H22O/c1-8-13(2,3)9-6-11-12(15-11)7-10(9)14(8,4)5/h8,11-12H,6-7H2,1-5H3/t11-,12-/m0/s1. The van der Waals surface area contributed by atoms with Crippen molar-refractivity contribution in [3.8, 4) is 0 Å². The van der Waals surface area contributed by atoms with Gasteiger partial charge in [-0.2, -0.15) is 0 Å². The lowest BCUT2D eigenvalue weighted by atomic mass is 9.69. The van der Waals surface area contributed by atoms with Crippen LogP contribution >= 0.6 is 0 Å². The van der Waals surface area contributed by atoms with Crippen LogP contribution in [-0.4, -0.2) is 12.2 Å². The number of fused-ring (bicyclic) bond motifs is 1. The lowest BCUT2D eigenvalue weighted by Gasteiger charge is -2.35. The Labute approximate surface area is 92.9 Å². The zero-order valence-electron chi connectivity index (χ0n) is 10.6. The van der Waals surface area contributed by atoms with Gasteiger partial charge in [-0.3, -0.25) is 0 Å². The van der Waals surface area contributed by atoms with Crippen molar-refractivity contribution in [2.45, 2.75) is 59.7 Å². The summed E-state index contributed by atoms with van der Waals surface area (Å²) in [6, 6.07) is 0. The Bertz CT molecular complexity index is 316. The van der Waals surface area contributed by atoms with Crippen LogP contribution in [-0.2, 0) is 4.74 Å². The molecule has 1 aliphatic heterocycles. The topological polar surface area (TPSA) is 12.5 Å². The third kappa shape index (κ3) is 1.08. The molecule has 0 radical (unpaired) electrons. The molecule has 2 aliphatic carbocycles. The van der Waals surface area contributed by atoms with Gasteiger partial charge in [0.2, 0.25) is 0 Å². The van der Waals surface area contributed by atoms with E-state index in [0.717, 1.165) is 5.92 Å². The Hall–Kier alpha value is -0.300. The average molecular weight is 206 g/mol. The number of hydrogen-bond acceptors (Lipinski definition) is 1. The van der Waals surface area contributed by atoms with Crippen molar-refractivity contribution in [2.24, 2.45) is 16.7 Å². The van der Waals surface area contributed by atoms with Crippen LogP contribution in [0.1, 0.15) is 47.5 Å². The third-order valence-electron chi connectivity index (χ3n) is 5.58. The van der Waals surface area contributed by atoms with Gasteiger partial charge in [0, 0.05) is 0 Å². The van der Waals surface area contributed by atoms with Gasteiger partial charge in [0.25, 0.3) is 0 Å². The summed E-state index contributed by atoms with van der Waals surface area (Å²) in [5.41, 5.74) is 4.21. The SMILES string of the molecule is CC1C(C)(C)C2=C(C[C@@H]3O[C@H]3C2)C1(C)C. The molecule has 15 heavy (non-hydrogen) atoms. The third-order valence-corrected chi connectivity index (χ3v) is 5.58. The molecule has 0 aromatic heterocycles. The first kappa shape index (κ1) is 9.89. The second-order valence-electron chi connectivity index (χ2n) is 6.74. The lowest BCUT2D eigenvalue weighted by Crippen LogP contribution is -2.28. The highest BCUT2D eigenvalue weighted by Crippen LogP contribution is 2.63. The van der Waals surface area contributed by atoms with Gasteiger partial charge in [0.15, 0.2) is 0 Å². The van der Waals surface area contributed by atoms with Gasteiger partial charge in [0.1, 0.15) is 0 Å². The van der Waals surface area contributed by atoms with Crippen molar-refractivity contribution in [3.63, 3.8) is 0 Å². The fourth-order valence-electron chi connectivity index (χ4n) is 3.92. The molecule has 0 aromatic carbocycles. The number of epoxide rings is 1. The van der Waals surface area contributed by atoms with E-state index in [2.05, 4.69) is 34.6 Å². The molecule has 0 aromatic rings. The van der Waals surface area contributed by atoms with Gasteiger partial charge < -0.3 is 4.74 Å². The number of ether oxygens (including phenoxy) is 1. The zero-order valence-corrected chi connectivity index (χ0v) is 10.6. The highest BCUT2D eigenvalue weighted by Gasteiger charge is 2.56. The van der Waals surface area contributed by atoms with Crippen molar-refractivity contribution >= 4 is 0 Å². The Kier molecular flexibility index (Phi) is 1.65. The second-order valence-corrected chi connectivity index (χ2v) is 6.74. The molecule has 3 rings (SSSR count). The predicted octanol–water partition coefficient (Wildman–Crippen LogP) is 3.55. The van der Waals surface area contributed by atoms with Gasteiger partial charge >= 0.3 is 0 Å². The molecular formula is C14H22O. The van der Waals surface area contributed by atoms with E-state index >= 15 is 0 Å². The van der Waals surface area contributed by atoms with Crippen molar-refractivity contribution in [1.29, 1.82) is 0 Å². The van der Waals surface area contributed by atoms with Gasteiger partial charge in [-0.25, -0.2) is 0 Å². The van der Waals surface area contributed by atoms with Crippen LogP contribution in [0.15, 0.2) is 11.1 Å². The first-order chi connectivity index (χ1) is 6.85. The van der Waals surface area contributed by atoms with Crippen LogP contribution in [0.5, 0.6) is 0 Å². The summed E-state index contributed by atoms with van der Waals surface area (Å²) in [5, 5.41) is 0. The first-order valence-electron chi connectivity index (χ1n) is 6.23. The highest BCUT2D eigenvalue weighted by atomic mass is 16.6. The summed E-state index contributed by atoms with van der Waals surface area (Å²) in [6.07, 6.45) is 3.56. The molecule has 2 atom stereocenters. The largest absolute Gasteiger partial charge is 0.369 e. The highest BCUT2D eigenvalue weighted by molar-refractivity contribution is 5.39. The van der Waals surface area contributed by atoms with Crippen LogP contribution in [0.25, 0.3) is 0 Å². The zero-order chi connectivity index (χ0) is 11.0. The summed E-state index contributed by atoms with van der Waals surface area (Å²) in [6.45, 7) is 12.1. The van der Waals surface area contributed by atoms with E-state index in [1.807, 2.05) is 0 Å². The quantitative estimate of drug-likeness (QED) is 0.436. The van der Waals surface area contributed by atoms with Crippen LogP contribution < -0.4 is 0 Å². The monoisotopic (exact) mass is 206 g/mol. The Morgan fingerprint density at radius 3 is 1.73 bits per heavy atom. The molecule has 0 bridgehead atoms. The van der Waals surface area contributed by atoms with Gasteiger partial charge in [-0.15, -0.1) is 0 Å². The fraction of sp³-hybridized carbons (Fsp3) is 0.857. The molecule has 0 saturated carbocycles. The van der Waals surface area contributed by atoms with Crippen molar-refractivity contribution in [1.82, 2.24) is 0 Å². The number of rotatable bonds is 0. The molecular weight excluding hydrogens is 184 g/mol. The molecule has 1 heteroatoms. The van der Waals surface area contributed by atoms with E-state index < -0.39 is 0 Å². The average Bonchev–Trinajstić information content (AvgIpc) is 2.89. The van der Waals surface area contributed by atoms with E-state index in [9.17, 15) is 0 Å². The smallest absolute Gasteiger partial charge is 0.0882 e. The van der Waals surface area contributed by atoms with Crippen LogP contribution in [0, 0.1) is 16.7 Å². The molecule has 84 valence electrons. The van der Waals surface area contributed by atoms with Crippen molar-refractivity contribution in [3.05, 3.63) is 11.1 Å². The summed E-state index contributed by atoms with van der Waals surface area (Å²) in [5.74, 6) is 0.757. The molecule has 1 heterocycles. The van der Waals surface area contributed by atoms with E-state index in [4.69, 9.17) is 4.74 Å². The summed E-state index contributed by atoms with van der Waals surface area (Å²) in [4.78, 5) is 0. The van der Waals surface area contributed by atoms with E-state index in [0.29, 0.717) is 23.0 Å². The molecule has 0 spiro atoms. The summed E-state index contributed by atoms with van der Waals surface area (Å²) < 4.78 is 5.69. The molecule has 0 N–H and O–H groups in total. The van der Waals surface area contributed by atoms with Gasteiger partial charge in [-0.1, -0.05) is 45.8 Å². The minimum Gasteiger partial charge on any atom is -0.369 e. The second kappa shape index (κ2) is 2.51. The van der Waals surface area contributed by atoms with E-state index in [1.165, 1.54) is 12.8 Å². The maximum Gasteiger partial charge on any atom is 0.0882 e. The Balaban J connectivity index is 2.08. The maximum absolute atomic E-state index is 5.69. The van der Waals surface area contributed by atoms with Gasteiger partial charge in [-0.05, 0) is 29.6 Å². The summed E-state index contributed by atoms with van der Waals surface area (Å²) >= 11 is 0. The first-order valence-corrected chi connectivity index (χ1v) is 6.23. The summed E-state index contributed by atoms with van der Waals surface area (Å²) in [7, 11) is 0. The van der Waals surface area contributed by atoms with E-state index in [-0.39, 0.29) is 0 Å². The number of hydrogen-bond donors (Lipinski definition) is 0. The minimum atomic E-state index is 0.385. The molecule has 3 aliphatic rings. The maximum atomic E-state index is 5.69. The molecule has 0 amide bonds. The van der Waals surface area contributed by atoms with Crippen molar-refractivity contribution < 1.29 is 4.74 Å². The lowest BCUT2D eigenvalue weighted by molar-refractivity contribution is 0.182. The predicted molar refractivity (Wildman–Crippen MR) is 61.6 cm³/mol. The van der Waals surface area contributed by atoms with Crippen LogP contribution in [0.2, 0.25) is 0 Å². The molecule has 1 saturated heterocycles. The van der Waals surface area contributed by atoms with Crippen LogP contribution in [0.4, 0.5) is 0 Å². The van der Waals surface area contributed by atoms with Gasteiger partial charge in [0.05, 0.1) is 12.2 Å². The molecule has 1 nitrogen and oxygen atoms in total. The Morgan fingerprint density at radius 2 is 1.33 bits per heavy atom. The van der Waals surface area contributed by atoms with Crippen molar-refractivity contribution in [2.75, 3.05) is 0 Å². The van der Waals surface area contributed by atoms with Crippen LogP contribution in [0.3, 0.4) is 0 Å². The normalized spacial score (nSPS) is 41.4. The molecule has 0 unspecified atom stereocenters. The fourth-order valence-corrected chi connectivity index (χ4v) is 3.92. The Morgan fingerprint density at radius 1 is 0.933 bits per heavy atom. The minimum absolute atomic E-state index is 0.385. The molecule has 1 fully saturated rings.